The molecule has 0 aliphatic heterocycles. The largest absolute Gasteiger partial charge is 0.496 e. The molecule has 9 nitrogen and oxygen atoms in total. The first-order valence-corrected chi connectivity index (χ1v) is 11.9. The SMILES string of the molecule is COC(=O)COc1ccc(Br)cc1C=Nn1c(-c2cc3c(OC)cccc3o2)nc2ccccc2c1=O. The normalized spacial score (nSPS) is 11.3. The van der Waals surface area contributed by atoms with Crippen molar-refractivity contribution in [3.63, 3.8) is 0 Å². The van der Waals surface area contributed by atoms with E-state index in [1.165, 1.54) is 18.0 Å². The third-order valence-corrected chi connectivity index (χ3v) is 6.07. The van der Waals surface area contributed by atoms with Crippen LogP contribution in [-0.4, -0.2) is 42.7 Å². The van der Waals surface area contributed by atoms with Gasteiger partial charge in [-0.05, 0) is 48.5 Å². The van der Waals surface area contributed by atoms with Gasteiger partial charge in [0.25, 0.3) is 5.56 Å². The molecule has 37 heavy (non-hydrogen) atoms. The molecule has 5 rings (SSSR count). The van der Waals surface area contributed by atoms with Gasteiger partial charge in [-0.25, -0.2) is 9.78 Å². The van der Waals surface area contributed by atoms with E-state index in [2.05, 4.69) is 25.8 Å². The lowest BCUT2D eigenvalue weighted by Gasteiger charge is -2.10. The minimum atomic E-state index is -0.525. The number of benzene rings is 3. The van der Waals surface area contributed by atoms with Crippen molar-refractivity contribution in [1.82, 2.24) is 9.66 Å². The van der Waals surface area contributed by atoms with Crippen LogP contribution in [0.4, 0.5) is 0 Å². The van der Waals surface area contributed by atoms with E-state index in [4.69, 9.17) is 18.9 Å². The molecule has 2 heterocycles. The fourth-order valence-electron chi connectivity index (χ4n) is 3.78. The molecular formula is C27H20BrN3O6. The van der Waals surface area contributed by atoms with Gasteiger partial charge in [-0.2, -0.15) is 9.78 Å². The van der Waals surface area contributed by atoms with Gasteiger partial charge < -0.3 is 18.6 Å². The Labute approximate surface area is 219 Å². The van der Waals surface area contributed by atoms with E-state index in [1.807, 2.05) is 12.1 Å². The van der Waals surface area contributed by atoms with Crippen molar-refractivity contribution in [3.05, 3.63) is 87.1 Å². The number of hydrogen-bond donors (Lipinski definition) is 0. The lowest BCUT2D eigenvalue weighted by atomic mass is 10.2. The van der Waals surface area contributed by atoms with Gasteiger partial charge in [0.1, 0.15) is 17.1 Å². The molecule has 0 aliphatic carbocycles. The van der Waals surface area contributed by atoms with Crippen LogP contribution in [0, 0.1) is 0 Å². The van der Waals surface area contributed by atoms with Crippen LogP contribution < -0.4 is 15.0 Å². The Balaban J connectivity index is 1.66. The Morgan fingerprint density at radius 2 is 1.89 bits per heavy atom. The van der Waals surface area contributed by atoms with Crippen LogP contribution in [0.15, 0.2) is 85.5 Å². The summed E-state index contributed by atoms with van der Waals surface area (Å²) in [5.74, 6) is 1.05. The summed E-state index contributed by atoms with van der Waals surface area (Å²) in [6.07, 6.45) is 1.46. The van der Waals surface area contributed by atoms with Crippen LogP contribution >= 0.6 is 15.9 Å². The number of nitrogens with zero attached hydrogens (tertiary/aromatic N) is 3. The summed E-state index contributed by atoms with van der Waals surface area (Å²) in [7, 11) is 2.86. The van der Waals surface area contributed by atoms with Crippen LogP contribution in [0.1, 0.15) is 5.56 Å². The highest BCUT2D eigenvalue weighted by atomic mass is 79.9. The summed E-state index contributed by atoms with van der Waals surface area (Å²) < 4.78 is 23.7. The zero-order chi connectivity index (χ0) is 25.9. The smallest absolute Gasteiger partial charge is 0.343 e. The predicted octanol–water partition coefficient (Wildman–Crippen LogP) is 5.01. The van der Waals surface area contributed by atoms with Crippen molar-refractivity contribution in [2.75, 3.05) is 20.8 Å². The molecule has 0 spiro atoms. The Morgan fingerprint density at radius 1 is 1.05 bits per heavy atom. The number of furan rings is 1. The predicted molar refractivity (Wildman–Crippen MR) is 142 cm³/mol. The van der Waals surface area contributed by atoms with Crippen LogP contribution in [0.5, 0.6) is 11.5 Å². The van der Waals surface area contributed by atoms with Gasteiger partial charge in [0.05, 0.1) is 36.7 Å². The average Bonchev–Trinajstić information content (AvgIpc) is 3.36. The van der Waals surface area contributed by atoms with Gasteiger partial charge >= 0.3 is 5.97 Å². The number of para-hydroxylation sites is 1. The molecule has 0 saturated carbocycles. The Kier molecular flexibility index (Phi) is 6.74. The van der Waals surface area contributed by atoms with Crippen LogP contribution in [0.3, 0.4) is 0 Å². The first-order chi connectivity index (χ1) is 18.0. The number of carbonyl (C=O) groups is 1. The molecule has 2 aromatic heterocycles. The number of halogens is 1. The number of carbonyl (C=O) groups excluding carboxylic acids is 1. The number of aromatic nitrogens is 2. The van der Waals surface area contributed by atoms with Gasteiger partial charge in [0.2, 0.25) is 5.82 Å². The molecule has 3 aromatic carbocycles. The van der Waals surface area contributed by atoms with Gasteiger partial charge in [0, 0.05) is 10.0 Å². The highest BCUT2D eigenvalue weighted by molar-refractivity contribution is 9.10. The number of ether oxygens (including phenoxy) is 3. The number of methoxy groups -OCH3 is 2. The zero-order valence-corrected chi connectivity index (χ0v) is 21.4. The topological polar surface area (TPSA) is 105 Å². The highest BCUT2D eigenvalue weighted by Crippen LogP contribution is 2.33. The van der Waals surface area contributed by atoms with Gasteiger partial charge in [0.15, 0.2) is 12.4 Å². The molecule has 0 fully saturated rings. The maximum Gasteiger partial charge on any atom is 0.343 e. The van der Waals surface area contributed by atoms with Crippen LogP contribution in [-0.2, 0) is 9.53 Å². The van der Waals surface area contributed by atoms with E-state index in [9.17, 15) is 9.59 Å². The first kappa shape index (κ1) is 24.3. The molecule has 0 radical (unpaired) electrons. The monoisotopic (exact) mass is 561 g/mol. The molecule has 0 N–H and O–H groups in total. The summed E-state index contributed by atoms with van der Waals surface area (Å²) in [6.45, 7) is -0.275. The van der Waals surface area contributed by atoms with E-state index in [0.717, 1.165) is 9.86 Å². The number of fused-ring (bicyclic) bond motifs is 2. The van der Waals surface area contributed by atoms with E-state index < -0.39 is 5.97 Å². The molecule has 0 amide bonds. The third-order valence-electron chi connectivity index (χ3n) is 5.57. The van der Waals surface area contributed by atoms with Gasteiger partial charge in [-0.3, -0.25) is 4.79 Å². The van der Waals surface area contributed by atoms with Crippen molar-refractivity contribution >= 4 is 50.0 Å². The van der Waals surface area contributed by atoms with E-state index >= 15 is 0 Å². The zero-order valence-electron chi connectivity index (χ0n) is 19.8. The fourth-order valence-corrected chi connectivity index (χ4v) is 4.16. The van der Waals surface area contributed by atoms with Crippen molar-refractivity contribution in [2.24, 2.45) is 5.10 Å². The first-order valence-electron chi connectivity index (χ1n) is 11.1. The van der Waals surface area contributed by atoms with E-state index in [-0.39, 0.29) is 18.0 Å². The van der Waals surface area contributed by atoms with Crippen molar-refractivity contribution in [1.29, 1.82) is 0 Å². The summed E-state index contributed by atoms with van der Waals surface area (Å²) >= 11 is 3.43. The van der Waals surface area contributed by atoms with Crippen LogP contribution in [0.2, 0.25) is 0 Å². The lowest BCUT2D eigenvalue weighted by Crippen LogP contribution is -2.20. The second-order valence-electron chi connectivity index (χ2n) is 7.84. The Morgan fingerprint density at radius 3 is 2.70 bits per heavy atom. The van der Waals surface area contributed by atoms with Crippen molar-refractivity contribution in [2.45, 2.75) is 0 Å². The fraction of sp³-hybridized carbons (Fsp3) is 0.111. The lowest BCUT2D eigenvalue weighted by molar-refractivity contribution is -0.142. The summed E-state index contributed by atoms with van der Waals surface area (Å²) in [5.41, 5.74) is 1.23. The van der Waals surface area contributed by atoms with Gasteiger partial charge in [-0.1, -0.05) is 34.1 Å². The maximum absolute atomic E-state index is 13.5. The highest BCUT2D eigenvalue weighted by Gasteiger charge is 2.18. The molecule has 0 unspecified atom stereocenters. The summed E-state index contributed by atoms with van der Waals surface area (Å²) in [5, 5.41) is 5.61. The molecule has 0 atom stereocenters. The summed E-state index contributed by atoms with van der Waals surface area (Å²) in [6, 6.07) is 19.4. The molecule has 0 saturated heterocycles. The quantitative estimate of drug-likeness (QED) is 0.203. The third kappa shape index (κ3) is 4.83. The molecular weight excluding hydrogens is 542 g/mol. The number of rotatable bonds is 7. The standard InChI is InChI=1S/C27H20BrN3O6/c1-34-22-8-5-9-23-19(22)13-24(37-23)26-30-20-7-4-3-6-18(20)27(33)31(26)29-14-16-12-17(28)10-11-21(16)36-15-25(32)35-2/h3-14H,15H2,1-2H3. The molecule has 5 aromatic rings. The second-order valence-corrected chi connectivity index (χ2v) is 8.76. The Hall–Kier alpha value is -4.44. The maximum atomic E-state index is 13.5. The molecule has 186 valence electrons. The Bertz CT molecular complexity index is 1720. The molecule has 10 heteroatoms. The molecule has 0 aliphatic rings. The number of hydrogen-bond acceptors (Lipinski definition) is 8. The number of esters is 1. The van der Waals surface area contributed by atoms with Crippen LogP contribution in [0.25, 0.3) is 33.5 Å². The van der Waals surface area contributed by atoms with E-state index in [1.54, 1.807) is 61.7 Å². The van der Waals surface area contributed by atoms with Crippen molar-refractivity contribution in [3.8, 4) is 23.1 Å². The van der Waals surface area contributed by atoms with E-state index in [0.29, 0.717) is 39.3 Å². The van der Waals surface area contributed by atoms with Gasteiger partial charge in [-0.15, -0.1) is 0 Å². The second kappa shape index (κ2) is 10.3. The average molecular weight is 562 g/mol. The minimum absolute atomic E-state index is 0.213. The van der Waals surface area contributed by atoms with Crippen molar-refractivity contribution < 1.29 is 23.4 Å². The summed E-state index contributed by atoms with van der Waals surface area (Å²) in [4.78, 5) is 29.8. The minimum Gasteiger partial charge on any atom is -0.496 e. The molecule has 0 bridgehead atoms.